The van der Waals surface area contributed by atoms with Crippen LogP contribution in [0, 0.1) is 5.92 Å². The Morgan fingerprint density at radius 1 is 1.42 bits per heavy atom. The third-order valence-electron chi connectivity index (χ3n) is 4.03. The van der Waals surface area contributed by atoms with Crippen molar-refractivity contribution in [3.63, 3.8) is 0 Å². The fourth-order valence-electron chi connectivity index (χ4n) is 2.94. The monoisotopic (exact) mass is 347 g/mol. The van der Waals surface area contributed by atoms with Crippen LogP contribution in [0.15, 0.2) is 24.3 Å². The number of fused-ring (bicyclic) bond motifs is 1. The van der Waals surface area contributed by atoms with Crippen molar-refractivity contribution in [1.29, 1.82) is 0 Å². The standard InChI is InChI=1S/C17H21N3O3S/c1-2-23-16(22)12-6-5-9-20(10-12)11-15(21)19-17-18-13-7-3-4-8-14(13)24-17/h3-4,7-8,12H,2,5-6,9-11H2,1H3,(H,18,19,21)/t12-/m1/s1. The highest BCUT2D eigenvalue weighted by Gasteiger charge is 2.27. The van der Waals surface area contributed by atoms with Crippen molar-refractivity contribution in [3.8, 4) is 0 Å². The van der Waals surface area contributed by atoms with E-state index in [1.54, 1.807) is 0 Å². The van der Waals surface area contributed by atoms with Crippen molar-refractivity contribution in [2.75, 3.05) is 31.6 Å². The zero-order chi connectivity index (χ0) is 16.9. The summed E-state index contributed by atoms with van der Waals surface area (Å²) in [5, 5.41) is 3.47. The maximum absolute atomic E-state index is 12.3. The number of para-hydroxylation sites is 1. The number of anilines is 1. The average molecular weight is 347 g/mol. The van der Waals surface area contributed by atoms with Crippen molar-refractivity contribution < 1.29 is 14.3 Å². The summed E-state index contributed by atoms with van der Waals surface area (Å²) in [6, 6.07) is 7.79. The van der Waals surface area contributed by atoms with E-state index in [0.717, 1.165) is 29.6 Å². The molecule has 0 unspecified atom stereocenters. The molecule has 24 heavy (non-hydrogen) atoms. The molecule has 1 amide bonds. The molecule has 0 spiro atoms. The number of benzene rings is 1. The first-order valence-electron chi connectivity index (χ1n) is 8.20. The SMILES string of the molecule is CCOC(=O)[C@@H]1CCCN(CC(=O)Nc2nc3ccccc3s2)C1. The van der Waals surface area contributed by atoms with Crippen LogP contribution in [0.1, 0.15) is 19.8 Å². The number of ether oxygens (including phenoxy) is 1. The van der Waals surface area contributed by atoms with Crippen LogP contribution >= 0.6 is 11.3 Å². The van der Waals surface area contributed by atoms with E-state index in [0.29, 0.717) is 18.3 Å². The van der Waals surface area contributed by atoms with Gasteiger partial charge in [-0.2, -0.15) is 0 Å². The second kappa shape index (κ2) is 7.72. The highest BCUT2D eigenvalue weighted by Crippen LogP contribution is 2.25. The number of carbonyl (C=O) groups is 2. The van der Waals surface area contributed by atoms with Gasteiger partial charge < -0.3 is 10.1 Å². The molecule has 7 heteroatoms. The van der Waals surface area contributed by atoms with Crippen molar-refractivity contribution in [3.05, 3.63) is 24.3 Å². The molecule has 2 aromatic rings. The number of aromatic nitrogens is 1. The highest BCUT2D eigenvalue weighted by atomic mass is 32.1. The van der Waals surface area contributed by atoms with Crippen LogP contribution in [0.3, 0.4) is 0 Å². The smallest absolute Gasteiger partial charge is 0.310 e. The molecule has 1 aromatic carbocycles. The van der Waals surface area contributed by atoms with E-state index in [-0.39, 0.29) is 24.3 Å². The molecule has 6 nitrogen and oxygen atoms in total. The second-order valence-electron chi connectivity index (χ2n) is 5.86. The van der Waals surface area contributed by atoms with Crippen LogP contribution in [-0.2, 0) is 14.3 Å². The molecule has 1 aliphatic rings. The molecule has 1 fully saturated rings. The second-order valence-corrected chi connectivity index (χ2v) is 6.89. The largest absolute Gasteiger partial charge is 0.466 e. The Labute approximate surface area is 144 Å². The van der Waals surface area contributed by atoms with E-state index >= 15 is 0 Å². The number of hydrogen-bond acceptors (Lipinski definition) is 6. The summed E-state index contributed by atoms with van der Waals surface area (Å²) >= 11 is 1.46. The first-order chi connectivity index (χ1) is 11.7. The lowest BCUT2D eigenvalue weighted by Gasteiger charge is -2.30. The Bertz CT molecular complexity index is 698. The lowest BCUT2D eigenvalue weighted by atomic mass is 9.98. The van der Waals surface area contributed by atoms with Crippen LogP contribution in [0.4, 0.5) is 5.13 Å². The van der Waals surface area contributed by atoms with Crippen LogP contribution in [0.5, 0.6) is 0 Å². The number of esters is 1. The fraction of sp³-hybridized carbons (Fsp3) is 0.471. The number of thiazole rings is 1. The van der Waals surface area contributed by atoms with E-state index in [9.17, 15) is 9.59 Å². The number of piperidine rings is 1. The molecule has 0 aliphatic carbocycles. The summed E-state index contributed by atoms with van der Waals surface area (Å²) in [7, 11) is 0. The molecular weight excluding hydrogens is 326 g/mol. The summed E-state index contributed by atoms with van der Waals surface area (Å²) in [6.07, 6.45) is 1.73. The summed E-state index contributed by atoms with van der Waals surface area (Å²) < 4.78 is 6.14. The summed E-state index contributed by atoms with van der Waals surface area (Å²) in [6.45, 7) is 3.87. The topological polar surface area (TPSA) is 71.5 Å². The third kappa shape index (κ3) is 4.10. The summed E-state index contributed by atoms with van der Waals surface area (Å²) in [5.41, 5.74) is 0.887. The minimum atomic E-state index is -0.159. The molecule has 1 N–H and O–H groups in total. The van der Waals surface area contributed by atoms with Gasteiger partial charge in [-0.25, -0.2) is 4.98 Å². The van der Waals surface area contributed by atoms with E-state index in [4.69, 9.17) is 4.74 Å². The zero-order valence-electron chi connectivity index (χ0n) is 13.7. The van der Waals surface area contributed by atoms with Crippen LogP contribution in [-0.4, -0.2) is 48.0 Å². The minimum Gasteiger partial charge on any atom is -0.466 e. The predicted molar refractivity (Wildman–Crippen MR) is 94.0 cm³/mol. The number of likely N-dealkylation sites (tertiary alicyclic amines) is 1. The Morgan fingerprint density at radius 3 is 3.04 bits per heavy atom. The molecule has 0 radical (unpaired) electrons. The van der Waals surface area contributed by atoms with Gasteiger partial charge in [-0.3, -0.25) is 14.5 Å². The molecule has 0 saturated carbocycles. The number of nitrogens with zero attached hydrogens (tertiary/aromatic N) is 2. The maximum atomic E-state index is 12.3. The molecule has 128 valence electrons. The lowest BCUT2D eigenvalue weighted by Crippen LogP contribution is -2.43. The van der Waals surface area contributed by atoms with E-state index in [1.807, 2.05) is 36.1 Å². The van der Waals surface area contributed by atoms with Crippen molar-refractivity contribution in [1.82, 2.24) is 9.88 Å². The quantitative estimate of drug-likeness (QED) is 0.842. The Morgan fingerprint density at radius 2 is 2.25 bits per heavy atom. The molecule has 1 saturated heterocycles. The van der Waals surface area contributed by atoms with Crippen molar-refractivity contribution in [2.24, 2.45) is 5.92 Å². The van der Waals surface area contributed by atoms with E-state index < -0.39 is 0 Å². The van der Waals surface area contributed by atoms with E-state index in [1.165, 1.54) is 11.3 Å². The predicted octanol–water partition coefficient (Wildman–Crippen LogP) is 2.51. The van der Waals surface area contributed by atoms with Crippen LogP contribution in [0.25, 0.3) is 10.2 Å². The van der Waals surface area contributed by atoms with Gasteiger partial charge in [-0.1, -0.05) is 23.5 Å². The Balaban J connectivity index is 1.55. The number of amides is 1. The molecule has 3 rings (SSSR count). The number of hydrogen-bond donors (Lipinski definition) is 1. The van der Waals surface area contributed by atoms with Gasteiger partial charge in [-0.15, -0.1) is 0 Å². The fourth-order valence-corrected chi connectivity index (χ4v) is 3.82. The molecular formula is C17H21N3O3S. The van der Waals surface area contributed by atoms with Crippen LogP contribution in [0.2, 0.25) is 0 Å². The highest BCUT2D eigenvalue weighted by molar-refractivity contribution is 7.22. The third-order valence-corrected chi connectivity index (χ3v) is 4.98. The van der Waals surface area contributed by atoms with Gasteiger partial charge in [0.25, 0.3) is 0 Å². The molecule has 0 bridgehead atoms. The summed E-state index contributed by atoms with van der Waals surface area (Å²) in [5.74, 6) is -0.388. The van der Waals surface area contributed by atoms with Gasteiger partial charge >= 0.3 is 5.97 Å². The maximum Gasteiger partial charge on any atom is 0.310 e. The average Bonchev–Trinajstić information content (AvgIpc) is 2.97. The summed E-state index contributed by atoms with van der Waals surface area (Å²) in [4.78, 5) is 30.5. The molecule has 1 aliphatic heterocycles. The van der Waals surface area contributed by atoms with Crippen LogP contribution < -0.4 is 5.32 Å². The first kappa shape index (κ1) is 16.9. The number of rotatable bonds is 5. The van der Waals surface area contributed by atoms with Gasteiger partial charge in [0.2, 0.25) is 5.91 Å². The van der Waals surface area contributed by atoms with Gasteiger partial charge in [0.1, 0.15) is 0 Å². The molecule has 1 atom stereocenters. The Hall–Kier alpha value is -1.99. The zero-order valence-corrected chi connectivity index (χ0v) is 14.5. The van der Waals surface area contributed by atoms with E-state index in [2.05, 4.69) is 10.3 Å². The van der Waals surface area contributed by atoms with Crippen molar-refractivity contribution >= 4 is 38.6 Å². The normalized spacial score (nSPS) is 18.5. The Kier molecular flexibility index (Phi) is 5.42. The van der Waals surface area contributed by atoms with Crippen molar-refractivity contribution in [2.45, 2.75) is 19.8 Å². The molecule has 1 aromatic heterocycles. The molecule has 2 heterocycles. The van der Waals surface area contributed by atoms with Gasteiger partial charge in [0.15, 0.2) is 5.13 Å². The van der Waals surface area contributed by atoms with Gasteiger partial charge in [0.05, 0.1) is 29.3 Å². The number of nitrogens with one attached hydrogen (secondary N) is 1. The van der Waals surface area contributed by atoms with Gasteiger partial charge in [-0.05, 0) is 38.4 Å². The first-order valence-corrected chi connectivity index (χ1v) is 9.01. The lowest BCUT2D eigenvalue weighted by molar-refractivity contribution is -0.150. The van der Waals surface area contributed by atoms with Gasteiger partial charge in [0, 0.05) is 6.54 Å². The number of carbonyl (C=O) groups excluding carboxylic acids is 2. The minimum absolute atomic E-state index is 0.0986.